The second kappa shape index (κ2) is 4.63. The zero-order valence-electron chi connectivity index (χ0n) is 5.73. The maximum Gasteiger partial charge on any atom is 0.0492 e. The molecule has 0 amide bonds. The molecule has 0 aromatic heterocycles. The van der Waals surface area contributed by atoms with Crippen molar-refractivity contribution >= 4 is 47.8 Å². The third-order valence-corrected chi connectivity index (χ3v) is 4.26. The van der Waals surface area contributed by atoms with Gasteiger partial charge in [-0.15, -0.1) is 0 Å². The van der Waals surface area contributed by atoms with E-state index < -0.39 is 0 Å². The molecule has 1 atom stereocenters. The van der Waals surface area contributed by atoms with Gasteiger partial charge >= 0.3 is 0 Å². The van der Waals surface area contributed by atoms with Gasteiger partial charge in [0.15, 0.2) is 0 Å². The van der Waals surface area contributed by atoms with E-state index in [4.69, 9.17) is 0 Å². The van der Waals surface area contributed by atoms with Crippen LogP contribution < -0.4 is 0 Å². The van der Waals surface area contributed by atoms with Crippen LogP contribution in [0.2, 0.25) is 0 Å². The van der Waals surface area contributed by atoms with Crippen molar-refractivity contribution in [2.45, 2.75) is 4.83 Å². The molecule has 0 N–H and O–H groups in total. The number of alkyl halides is 2. The van der Waals surface area contributed by atoms with Gasteiger partial charge in [-0.05, 0) is 17.7 Å². The molecular weight excluding hydrogens is 336 g/mol. The molecule has 0 aliphatic rings. The summed E-state index contributed by atoms with van der Waals surface area (Å²) in [7, 11) is 0. The Morgan fingerprint density at radius 1 is 1.18 bits per heavy atom. The van der Waals surface area contributed by atoms with Crippen molar-refractivity contribution in [3.05, 3.63) is 34.3 Å². The summed E-state index contributed by atoms with van der Waals surface area (Å²) in [6.07, 6.45) is 0. The van der Waals surface area contributed by atoms with Crippen molar-refractivity contribution < 1.29 is 0 Å². The van der Waals surface area contributed by atoms with Crippen molar-refractivity contribution in [2.75, 3.05) is 5.33 Å². The summed E-state index contributed by atoms with van der Waals surface area (Å²) in [5.74, 6) is 0. The Bertz CT molecular complexity index is 217. The van der Waals surface area contributed by atoms with Crippen LogP contribution in [0, 0.1) is 0 Å². The standard InChI is InChI=1S/C8H7Br3/c9-5-8(11)6-1-3-7(10)4-2-6/h1-4,8H,5H2/t8-/m1/s1. The largest absolute Gasteiger partial charge is 0.0912 e. The third kappa shape index (κ3) is 2.88. The molecule has 0 saturated carbocycles. The molecule has 0 unspecified atom stereocenters. The van der Waals surface area contributed by atoms with Crippen LogP contribution in [0.4, 0.5) is 0 Å². The zero-order valence-corrected chi connectivity index (χ0v) is 10.5. The highest BCUT2D eigenvalue weighted by molar-refractivity contribution is 9.12. The second-order valence-corrected chi connectivity index (χ2v) is 4.84. The SMILES string of the molecule is BrC[C@@H](Br)c1ccc(Br)cc1. The van der Waals surface area contributed by atoms with E-state index in [1.165, 1.54) is 5.56 Å². The van der Waals surface area contributed by atoms with Crippen molar-refractivity contribution in [2.24, 2.45) is 0 Å². The van der Waals surface area contributed by atoms with Crippen molar-refractivity contribution in [1.29, 1.82) is 0 Å². The molecule has 0 spiro atoms. The molecule has 1 rings (SSSR count). The van der Waals surface area contributed by atoms with E-state index in [-0.39, 0.29) is 0 Å². The monoisotopic (exact) mass is 340 g/mol. The van der Waals surface area contributed by atoms with Gasteiger partial charge in [0.25, 0.3) is 0 Å². The third-order valence-electron chi connectivity index (χ3n) is 1.37. The molecule has 0 aliphatic carbocycles. The highest BCUT2D eigenvalue weighted by Crippen LogP contribution is 2.25. The molecule has 0 nitrogen and oxygen atoms in total. The predicted octanol–water partition coefficient (Wildman–Crippen LogP) is 4.28. The summed E-state index contributed by atoms with van der Waals surface area (Å²) in [5, 5.41) is 0.939. The van der Waals surface area contributed by atoms with E-state index in [0.29, 0.717) is 4.83 Å². The van der Waals surface area contributed by atoms with Crippen LogP contribution in [0.3, 0.4) is 0 Å². The van der Waals surface area contributed by atoms with Gasteiger partial charge in [-0.1, -0.05) is 59.9 Å². The first-order valence-corrected chi connectivity index (χ1v) is 6.02. The number of hydrogen-bond donors (Lipinski definition) is 0. The average Bonchev–Trinajstić information content (AvgIpc) is 2.05. The first-order valence-electron chi connectivity index (χ1n) is 3.19. The lowest BCUT2D eigenvalue weighted by molar-refractivity contribution is 1.15. The summed E-state index contributed by atoms with van der Waals surface area (Å²) in [6.45, 7) is 0. The summed E-state index contributed by atoms with van der Waals surface area (Å²) in [6, 6.07) is 8.30. The Kier molecular flexibility index (Phi) is 4.10. The van der Waals surface area contributed by atoms with Crippen LogP contribution in [0.5, 0.6) is 0 Å². The topological polar surface area (TPSA) is 0 Å². The Balaban J connectivity index is 2.81. The highest BCUT2D eigenvalue weighted by atomic mass is 79.9. The lowest BCUT2D eigenvalue weighted by Gasteiger charge is -2.04. The molecule has 3 heteroatoms. The van der Waals surface area contributed by atoms with Crippen LogP contribution in [0.1, 0.15) is 10.4 Å². The Morgan fingerprint density at radius 2 is 1.73 bits per heavy atom. The molecule has 0 saturated heterocycles. The fraction of sp³-hybridized carbons (Fsp3) is 0.250. The predicted molar refractivity (Wildman–Crippen MR) is 59.6 cm³/mol. The van der Waals surface area contributed by atoms with Gasteiger partial charge < -0.3 is 0 Å². The van der Waals surface area contributed by atoms with Gasteiger partial charge in [0.1, 0.15) is 0 Å². The van der Waals surface area contributed by atoms with Crippen molar-refractivity contribution in [3.63, 3.8) is 0 Å². The maximum absolute atomic E-state index is 3.55. The Morgan fingerprint density at radius 3 is 2.18 bits per heavy atom. The minimum absolute atomic E-state index is 0.413. The summed E-state index contributed by atoms with van der Waals surface area (Å²) in [5.41, 5.74) is 1.30. The summed E-state index contributed by atoms with van der Waals surface area (Å²) < 4.78 is 1.12. The lowest BCUT2D eigenvalue weighted by Crippen LogP contribution is -1.88. The molecule has 0 aliphatic heterocycles. The Hall–Kier alpha value is 0.660. The number of halogens is 3. The average molecular weight is 343 g/mol. The van der Waals surface area contributed by atoms with Gasteiger partial charge in [-0.2, -0.15) is 0 Å². The van der Waals surface area contributed by atoms with Crippen molar-refractivity contribution in [1.82, 2.24) is 0 Å². The first kappa shape index (κ1) is 9.75. The van der Waals surface area contributed by atoms with Crippen LogP contribution in [-0.4, -0.2) is 5.33 Å². The minimum atomic E-state index is 0.413. The molecular formula is C8H7Br3. The molecule has 0 radical (unpaired) electrons. The van der Waals surface area contributed by atoms with E-state index in [1.54, 1.807) is 0 Å². The smallest absolute Gasteiger partial charge is 0.0492 e. The number of rotatable bonds is 2. The highest BCUT2D eigenvalue weighted by Gasteiger charge is 2.03. The fourth-order valence-electron chi connectivity index (χ4n) is 0.761. The summed E-state index contributed by atoms with van der Waals surface area (Å²) >= 11 is 10.3. The van der Waals surface area contributed by atoms with Gasteiger partial charge in [-0.25, -0.2) is 0 Å². The van der Waals surface area contributed by atoms with E-state index in [9.17, 15) is 0 Å². The zero-order chi connectivity index (χ0) is 8.27. The van der Waals surface area contributed by atoms with Gasteiger partial charge in [-0.3, -0.25) is 0 Å². The first-order chi connectivity index (χ1) is 5.24. The molecule has 0 fully saturated rings. The second-order valence-electron chi connectivity index (χ2n) is 2.17. The lowest BCUT2D eigenvalue weighted by atomic mass is 10.2. The van der Waals surface area contributed by atoms with Gasteiger partial charge in [0.05, 0.1) is 0 Å². The van der Waals surface area contributed by atoms with E-state index in [2.05, 4.69) is 59.9 Å². The van der Waals surface area contributed by atoms with Crippen LogP contribution in [0.15, 0.2) is 28.7 Å². The molecule has 11 heavy (non-hydrogen) atoms. The molecule has 0 bridgehead atoms. The molecule has 1 aromatic carbocycles. The minimum Gasteiger partial charge on any atom is -0.0912 e. The molecule has 1 aromatic rings. The molecule has 0 heterocycles. The fourth-order valence-corrected chi connectivity index (χ4v) is 1.70. The maximum atomic E-state index is 3.55. The summed E-state index contributed by atoms with van der Waals surface area (Å²) in [4.78, 5) is 0.413. The van der Waals surface area contributed by atoms with Crippen molar-refractivity contribution in [3.8, 4) is 0 Å². The van der Waals surface area contributed by atoms with E-state index in [1.807, 2.05) is 12.1 Å². The van der Waals surface area contributed by atoms with E-state index in [0.717, 1.165) is 9.80 Å². The van der Waals surface area contributed by atoms with Crippen LogP contribution in [-0.2, 0) is 0 Å². The van der Waals surface area contributed by atoms with Gasteiger partial charge in [0, 0.05) is 14.6 Å². The van der Waals surface area contributed by atoms with E-state index >= 15 is 0 Å². The number of benzene rings is 1. The normalized spacial score (nSPS) is 13.0. The van der Waals surface area contributed by atoms with Crippen LogP contribution >= 0.6 is 47.8 Å². The quantitative estimate of drug-likeness (QED) is 0.704. The molecule has 60 valence electrons. The van der Waals surface area contributed by atoms with Gasteiger partial charge in [0.2, 0.25) is 0 Å². The van der Waals surface area contributed by atoms with Crippen LogP contribution in [0.25, 0.3) is 0 Å². The number of hydrogen-bond acceptors (Lipinski definition) is 0. The Labute approximate surface area is 91.8 Å².